The molecule has 0 spiro atoms. The molecule has 0 heterocycles. The highest BCUT2D eigenvalue weighted by molar-refractivity contribution is 5.15. The van der Waals surface area contributed by atoms with Crippen LogP contribution in [0.1, 0.15) is 32.3 Å². The Kier molecular flexibility index (Phi) is 4.60. The summed E-state index contributed by atoms with van der Waals surface area (Å²) in [5.41, 5.74) is 1.14. The fraction of sp³-hybridized carbons (Fsp3) is 0.500. The van der Waals surface area contributed by atoms with E-state index in [9.17, 15) is 4.39 Å². The van der Waals surface area contributed by atoms with Crippen LogP contribution in [-0.4, -0.2) is 6.04 Å². The summed E-state index contributed by atoms with van der Waals surface area (Å²) < 4.78 is 12.6. The first-order valence-corrected chi connectivity index (χ1v) is 5.24. The molecule has 1 aromatic rings. The summed E-state index contributed by atoms with van der Waals surface area (Å²) in [6.45, 7) is 5.17. The highest BCUT2D eigenvalue weighted by Crippen LogP contribution is 2.04. The zero-order chi connectivity index (χ0) is 10.4. The number of hydrogen-bond acceptors (Lipinski definition) is 1. The van der Waals surface area contributed by atoms with Crippen molar-refractivity contribution in [3.8, 4) is 0 Å². The average molecular weight is 195 g/mol. The first-order valence-electron chi connectivity index (χ1n) is 5.24. The normalized spacial score (nSPS) is 10.9. The van der Waals surface area contributed by atoms with Gasteiger partial charge >= 0.3 is 0 Å². The van der Waals surface area contributed by atoms with Gasteiger partial charge in [0, 0.05) is 12.6 Å². The quantitative estimate of drug-likeness (QED) is 0.761. The van der Waals surface area contributed by atoms with Gasteiger partial charge in [-0.15, -0.1) is 0 Å². The van der Waals surface area contributed by atoms with Crippen LogP contribution < -0.4 is 5.32 Å². The van der Waals surface area contributed by atoms with Gasteiger partial charge in [0.15, 0.2) is 0 Å². The number of halogens is 1. The van der Waals surface area contributed by atoms with Crippen LogP contribution in [0.4, 0.5) is 4.39 Å². The molecular weight excluding hydrogens is 177 g/mol. The first-order chi connectivity index (χ1) is 6.76. The summed E-state index contributed by atoms with van der Waals surface area (Å²) in [7, 11) is 0. The molecule has 0 bridgehead atoms. The second kappa shape index (κ2) is 5.76. The number of rotatable bonds is 5. The number of nitrogens with one attached hydrogen (secondary N) is 1. The number of hydrogen-bond donors (Lipinski definition) is 1. The smallest absolute Gasteiger partial charge is 0.123 e. The van der Waals surface area contributed by atoms with Crippen molar-refractivity contribution < 1.29 is 4.39 Å². The van der Waals surface area contributed by atoms with Crippen LogP contribution in [0.25, 0.3) is 0 Å². The van der Waals surface area contributed by atoms with Crippen molar-refractivity contribution in [2.45, 2.75) is 39.3 Å². The molecule has 0 saturated carbocycles. The van der Waals surface area contributed by atoms with E-state index >= 15 is 0 Å². The molecular formula is C12H18FN. The van der Waals surface area contributed by atoms with E-state index in [4.69, 9.17) is 0 Å². The van der Waals surface area contributed by atoms with Gasteiger partial charge < -0.3 is 5.32 Å². The fourth-order valence-electron chi connectivity index (χ4n) is 1.44. The molecule has 0 atom stereocenters. The van der Waals surface area contributed by atoms with Gasteiger partial charge in [0.1, 0.15) is 5.82 Å². The Balaban J connectivity index is 2.41. The summed E-state index contributed by atoms with van der Waals surface area (Å²) >= 11 is 0. The minimum absolute atomic E-state index is 0.170. The van der Waals surface area contributed by atoms with Gasteiger partial charge in [-0.05, 0) is 30.5 Å². The monoisotopic (exact) mass is 195 g/mol. The highest BCUT2D eigenvalue weighted by Gasteiger charge is 2.01. The maximum Gasteiger partial charge on any atom is 0.123 e. The molecule has 0 saturated heterocycles. The molecule has 1 N–H and O–H groups in total. The van der Waals surface area contributed by atoms with Gasteiger partial charge in [-0.2, -0.15) is 0 Å². The number of benzene rings is 1. The molecule has 78 valence electrons. The minimum Gasteiger partial charge on any atom is -0.310 e. The lowest BCUT2D eigenvalue weighted by Gasteiger charge is -2.14. The van der Waals surface area contributed by atoms with Crippen molar-refractivity contribution in [3.63, 3.8) is 0 Å². The molecule has 0 aliphatic carbocycles. The topological polar surface area (TPSA) is 12.0 Å². The van der Waals surface area contributed by atoms with Gasteiger partial charge in [-0.1, -0.05) is 26.0 Å². The van der Waals surface area contributed by atoms with E-state index in [2.05, 4.69) is 19.2 Å². The van der Waals surface area contributed by atoms with Gasteiger partial charge in [0.25, 0.3) is 0 Å². The third kappa shape index (κ3) is 3.46. The fourth-order valence-corrected chi connectivity index (χ4v) is 1.44. The molecule has 0 fully saturated rings. The molecule has 0 aliphatic rings. The Morgan fingerprint density at radius 2 is 1.71 bits per heavy atom. The van der Waals surface area contributed by atoms with Crippen molar-refractivity contribution in [2.24, 2.45) is 0 Å². The van der Waals surface area contributed by atoms with E-state index in [1.165, 1.54) is 12.1 Å². The lowest BCUT2D eigenvalue weighted by molar-refractivity contribution is 0.484. The van der Waals surface area contributed by atoms with E-state index < -0.39 is 0 Å². The summed E-state index contributed by atoms with van der Waals surface area (Å²) in [5, 5.41) is 3.43. The van der Waals surface area contributed by atoms with Crippen LogP contribution in [-0.2, 0) is 6.54 Å². The van der Waals surface area contributed by atoms with Crippen LogP contribution >= 0.6 is 0 Å². The first kappa shape index (κ1) is 11.2. The summed E-state index contributed by atoms with van der Waals surface area (Å²) in [6, 6.07) is 7.23. The molecule has 0 aromatic heterocycles. The van der Waals surface area contributed by atoms with E-state index in [0.29, 0.717) is 6.04 Å². The summed E-state index contributed by atoms with van der Waals surface area (Å²) in [6.07, 6.45) is 2.27. The molecule has 1 aromatic carbocycles. The van der Waals surface area contributed by atoms with Crippen LogP contribution in [0.5, 0.6) is 0 Å². The molecule has 0 aliphatic heterocycles. The zero-order valence-corrected chi connectivity index (χ0v) is 8.89. The molecule has 0 unspecified atom stereocenters. The van der Waals surface area contributed by atoms with Gasteiger partial charge in [0.2, 0.25) is 0 Å². The van der Waals surface area contributed by atoms with E-state index in [0.717, 1.165) is 24.9 Å². The van der Waals surface area contributed by atoms with Crippen molar-refractivity contribution in [1.29, 1.82) is 0 Å². The second-order valence-corrected chi connectivity index (χ2v) is 3.52. The minimum atomic E-state index is -0.170. The van der Waals surface area contributed by atoms with Crippen LogP contribution in [0, 0.1) is 5.82 Å². The van der Waals surface area contributed by atoms with Crippen molar-refractivity contribution in [2.75, 3.05) is 0 Å². The van der Waals surface area contributed by atoms with Gasteiger partial charge in [0.05, 0.1) is 0 Å². The van der Waals surface area contributed by atoms with Crippen molar-refractivity contribution in [1.82, 2.24) is 5.32 Å². The third-order valence-corrected chi connectivity index (χ3v) is 2.49. The maximum atomic E-state index is 12.6. The Hall–Kier alpha value is -0.890. The predicted molar refractivity (Wildman–Crippen MR) is 57.6 cm³/mol. The Morgan fingerprint density at radius 1 is 1.14 bits per heavy atom. The van der Waals surface area contributed by atoms with Gasteiger partial charge in [-0.3, -0.25) is 0 Å². The van der Waals surface area contributed by atoms with Crippen LogP contribution in [0.15, 0.2) is 24.3 Å². The standard InChI is InChI=1S/C12H18FN/c1-3-12(4-2)14-9-10-5-7-11(13)8-6-10/h5-8,12,14H,3-4,9H2,1-2H3. The van der Waals surface area contributed by atoms with E-state index in [1.807, 2.05) is 12.1 Å². The molecule has 1 nitrogen and oxygen atoms in total. The molecule has 14 heavy (non-hydrogen) atoms. The molecule has 0 amide bonds. The van der Waals surface area contributed by atoms with Gasteiger partial charge in [-0.25, -0.2) is 4.39 Å². The summed E-state index contributed by atoms with van der Waals surface area (Å²) in [4.78, 5) is 0. The summed E-state index contributed by atoms with van der Waals surface area (Å²) in [5.74, 6) is -0.170. The highest BCUT2D eigenvalue weighted by atomic mass is 19.1. The predicted octanol–water partition coefficient (Wildman–Crippen LogP) is 3.10. The van der Waals surface area contributed by atoms with Crippen LogP contribution in [0.3, 0.4) is 0 Å². The SMILES string of the molecule is CCC(CC)NCc1ccc(F)cc1. The average Bonchev–Trinajstić information content (AvgIpc) is 2.22. The second-order valence-electron chi connectivity index (χ2n) is 3.52. The zero-order valence-electron chi connectivity index (χ0n) is 8.89. The lowest BCUT2D eigenvalue weighted by Crippen LogP contribution is -2.26. The van der Waals surface area contributed by atoms with E-state index in [1.54, 1.807) is 0 Å². The van der Waals surface area contributed by atoms with Crippen molar-refractivity contribution in [3.05, 3.63) is 35.6 Å². The third-order valence-electron chi connectivity index (χ3n) is 2.49. The Labute approximate surface area is 85.3 Å². The largest absolute Gasteiger partial charge is 0.310 e. The molecule has 0 radical (unpaired) electrons. The van der Waals surface area contributed by atoms with E-state index in [-0.39, 0.29) is 5.82 Å². The molecule has 2 heteroatoms. The van der Waals surface area contributed by atoms with Crippen LogP contribution in [0.2, 0.25) is 0 Å². The maximum absolute atomic E-state index is 12.6. The van der Waals surface area contributed by atoms with Crippen molar-refractivity contribution >= 4 is 0 Å². The Morgan fingerprint density at radius 3 is 2.21 bits per heavy atom. The lowest BCUT2D eigenvalue weighted by atomic mass is 10.1. The Bertz CT molecular complexity index is 252. The molecule has 1 rings (SSSR count).